The van der Waals surface area contributed by atoms with Crippen LogP contribution >= 0.6 is 22.9 Å². The molecule has 1 N–H and O–H groups in total. The summed E-state index contributed by atoms with van der Waals surface area (Å²) in [6.07, 6.45) is 4.53. The third-order valence-corrected chi connectivity index (χ3v) is 4.92. The van der Waals surface area contributed by atoms with Gasteiger partial charge in [-0.05, 0) is 43.5 Å². The molecule has 0 atom stereocenters. The molecule has 0 bridgehead atoms. The summed E-state index contributed by atoms with van der Waals surface area (Å²) in [6, 6.07) is 6.13. The van der Waals surface area contributed by atoms with Crippen LogP contribution in [0.25, 0.3) is 0 Å². The summed E-state index contributed by atoms with van der Waals surface area (Å²) in [4.78, 5) is 19.1. The molecule has 1 aliphatic heterocycles. The number of aromatic nitrogens is 1. The predicted molar refractivity (Wildman–Crippen MR) is 91.8 cm³/mol. The Morgan fingerprint density at radius 1 is 1.41 bits per heavy atom. The van der Waals surface area contributed by atoms with Crippen LogP contribution in [0.15, 0.2) is 24.4 Å². The molecule has 6 heteroatoms. The van der Waals surface area contributed by atoms with Crippen molar-refractivity contribution in [3.63, 3.8) is 0 Å². The van der Waals surface area contributed by atoms with E-state index < -0.39 is 0 Å². The molecular formula is C16H18ClN3OS. The quantitative estimate of drug-likeness (QED) is 0.909. The minimum absolute atomic E-state index is 0.231. The zero-order valence-corrected chi connectivity index (χ0v) is 14.0. The van der Waals surface area contributed by atoms with Crippen molar-refractivity contribution < 1.29 is 4.79 Å². The first-order valence-electron chi connectivity index (χ1n) is 7.38. The summed E-state index contributed by atoms with van der Waals surface area (Å²) in [6.45, 7) is 3.57. The van der Waals surface area contributed by atoms with Gasteiger partial charge in [0.25, 0.3) is 0 Å². The summed E-state index contributed by atoms with van der Waals surface area (Å²) >= 11 is 7.31. The first-order chi connectivity index (χ1) is 10.6. The Morgan fingerprint density at radius 2 is 2.27 bits per heavy atom. The number of carbonyl (C=O) groups is 1. The van der Waals surface area contributed by atoms with Crippen LogP contribution in [0.5, 0.6) is 0 Å². The molecule has 2 aromatic rings. The molecule has 0 saturated carbocycles. The monoisotopic (exact) mass is 335 g/mol. The van der Waals surface area contributed by atoms with E-state index in [1.807, 2.05) is 24.0 Å². The molecule has 0 aliphatic carbocycles. The van der Waals surface area contributed by atoms with Gasteiger partial charge in [0.1, 0.15) is 0 Å². The fourth-order valence-corrected chi connectivity index (χ4v) is 3.60. The highest BCUT2D eigenvalue weighted by Crippen LogP contribution is 2.27. The highest BCUT2D eigenvalue weighted by atomic mass is 35.5. The van der Waals surface area contributed by atoms with E-state index in [2.05, 4.69) is 16.4 Å². The minimum Gasteiger partial charge on any atom is -0.380 e. The van der Waals surface area contributed by atoms with Crippen molar-refractivity contribution >= 4 is 40.2 Å². The van der Waals surface area contributed by atoms with E-state index in [-0.39, 0.29) is 5.91 Å². The molecule has 0 unspecified atom stereocenters. The smallest absolute Gasteiger partial charge is 0.226 e. The lowest BCUT2D eigenvalue weighted by molar-refractivity contribution is -0.119. The van der Waals surface area contributed by atoms with Gasteiger partial charge in [-0.25, -0.2) is 4.98 Å². The first-order valence-corrected chi connectivity index (χ1v) is 8.58. The van der Waals surface area contributed by atoms with E-state index >= 15 is 0 Å². The zero-order valence-electron chi connectivity index (χ0n) is 12.4. The number of anilines is 2. The molecule has 116 valence electrons. The van der Waals surface area contributed by atoms with Gasteiger partial charge in [0.15, 0.2) is 4.47 Å². The second-order valence-corrected chi connectivity index (χ2v) is 7.13. The summed E-state index contributed by atoms with van der Waals surface area (Å²) in [5.41, 5.74) is 3.17. The van der Waals surface area contributed by atoms with E-state index in [1.165, 1.54) is 11.3 Å². The van der Waals surface area contributed by atoms with Crippen molar-refractivity contribution in [2.45, 2.75) is 32.7 Å². The summed E-state index contributed by atoms with van der Waals surface area (Å²) < 4.78 is 0.562. The molecule has 22 heavy (non-hydrogen) atoms. The minimum atomic E-state index is 0.231. The highest BCUT2D eigenvalue weighted by molar-refractivity contribution is 7.15. The van der Waals surface area contributed by atoms with E-state index in [9.17, 15) is 4.79 Å². The average molecular weight is 336 g/mol. The summed E-state index contributed by atoms with van der Waals surface area (Å²) in [5, 5.41) is 3.36. The molecule has 1 aliphatic rings. The number of halogens is 1. The zero-order chi connectivity index (χ0) is 15.5. The lowest BCUT2D eigenvalue weighted by Crippen LogP contribution is -2.35. The number of amides is 1. The maximum absolute atomic E-state index is 12.0. The second-order valence-electron chi connectivity index (χ2n) is 5.44. The lowest BCUT2D eigenvalue weighted by atomic mass is 10.1. The van der Waals surface area contributed by atoms with Gasteiger partial charge in [-0.2, -0.15) is 0 Å². The Morgan fingerprint density at radius 3 is 2.95 bits per heavy atom. The van der Waals surface area contributed by atoms with Crippen LogP contribution in [0.2, 0.25) is 4.47 Å². The molecule has 1 amide bonds. The van der Waals surface area contributed by atoms with Crippen molar-refractivity contribution in [3.05, 3.63) is 39.3 Å². The Hall–Kier alpha value is -1.59. The molecule has 1 aromatic carbocycles. The first kappa shape index (κ1) is 15.3. The van der Waals surface area contributed by atoms with Crippen LogP contribution in [0, 0.1) is 6.92 Å². The normalized spacial score (nSPS) is 15.2. The van der Waals surface area contributed by atoms with Crippen LogP contribution in [0.1, 0.15) is 29.7 Å². The lowest BCUT2D eigenvalue weighted by Gasteiger charge is -2.28. The molecule has 3 rings (SSSR count). The molecule has 2 heterocycles. The largest absolute Gasteiger partial charge is 0.380 e. The number of nitrogens with zero attached hydrogens (tertiary/aromatic N) is 2. The van der Waals surface area contributed by atoms with Gasteiger partial charge in [-0.1, -0.05) is 11.6 Å². The van der Waals surface area contributed by atoms with Gasteiger partial charge in [-0.3, -0.25) is 4.79 Å². The Kier molecular flexibility index (Phi) is 4.64. The summed E-state index contributed by atoms with van der Waals surface area (Å²) in [5.74, 6) is 0.231. The van der Waals surface area contributed by atoms with Crippen LogP contribution in [0.4, 0.5) is 11.4 Å². The van der Waals surface area contributed by atoms with Gasteiger partial charge in [-0.15, -0.1) is 11.3 Å². The average Bonchev–Trinajstić information content (AvgIpc) is 2.92. The Bertz CT molecular complexity index is 686. The molecule has 1 fully saturated rings. The SMILES string of the molecule is Cc1cc(NCc2cnc(Cl)s2)ccc1N1CCCCC1=O. The van der Waals surface area contributed by atoms with Crippen LogP contribution in [-0.2, 0) is 11.3 Å². The third kappa shape index (κ3) is 3.42. The van der Waals surface area contributed by atoms with Crippen LogP contribution < -0.4 is 10.2 Å². The summed E-state index contributed by atoms with van der Waals surface area (Å²) in [7, 11) is 0. The molecule has 1 saturated heterocycles. The third-order valence-electron chi connectivity index (χ3n) is 3.80. The second kappa shape index (κ2) is 6.67. The number of rotatable bonds is 4. The number of hydrogen-bond donors (Lipinski definition) is 1. The number of carbonyl (C=O) groups excluding carboxylic acids is 1. The Balaban J connectivity index is 1.70. The predicted octanol–water partition coefficient (Wildman–Crippen LogP) is 4.23. The topological polar surface area (TPSA) is 45.2 Å². The molecular weight excluding hydrogens is 318 g/mol. The van der Waals surface area contributed by atoms with Crippen molar-refractivity contribution in [1.82, 2.24) is 4.98 Å². The molecule has 4 nitrogen and oxygen atoms in total. The van der Waals surface area contributed by atoms with Gasteiger partial charge in [0.05, 0.1) is 6.54 Å². The number of hydrogen-bond acceptors (Lipinski definition) is 4. The van der Waals surface area contributed by atoms with Crippen molar-refractivity contribution in [2.75, 3.05) is 16.8 Å². The number of aryl methyl sites for hydroxylation is 1. The van der Waals surface area contributed by atoms with Gasteiger partial charge >= 0.3 is 0 Å². The highest BCUT2D eigenvalue weighted by Gasteiger charge is 2.20. The maximum atomic E-state index is 12.0. The number of piperidine rings is 1. The fraction of sp³-hybridized carbons (Fsp3) is 0.375. The van der Waals surface area contributed by atoms with E-state index in [4.69, 9.17) is 11.6 Å². The molecule has 0 radical (unpaired) electrons. The molecule has 0 spiro atoms. The van der Waals surface area contributed by atoms with Crippen molar-refractivity contribution in [1.29, 1.82) is 0 Å². The van der Waals surface area contributed by atoms with Crippen molar-refractivity contribution in [2.24, 2.45) is 0 Å². The molecule has 1 aromatic heterocycles. The van der Waals surface area contributed by atoms with E-state index in [1.54, 1.807) is 6.20 Å². The van der Waals surface area contributed by atoms with E-state index in [0.717, 1.165) is 41.2 Å². The van der Waals surface area contributed by atoms with Gasteiger partial charge in [0.2, 0.25) is 5.91 Å². The number of nitrogens with one attached hydrogen (secondary N) is 1. The van der Waals surface area contributed by atoms with Crippen molar-refractivity contribution in [3.8, 4) is 0 Å². The Labute approximate surface area is 139 Å². The van der Waals surface area contributed by atoms with Gasteiger partial charge < -0.3 is 10.2 Å². The van der Waals surface area contributed by atoms with Crippen LogP contribution in [-0.4, -0.2) is 17.4 Å². The van der Waals surface area contributed by atoms with Gasteiger partial charge in [0, 0.05) is 35.4 Å². The van der Waals surface area contributed by atoms with Crippen LogP contribution in [0.3, 0.4) is 0 Å². The van der Waals surface area contributed by atoms with E-state index in [0.29, 0.717) is 17.4 Å². The number of benzene rings is 1. The fourth-order valence-electron chi connectivity index (χ4n) is 2.68. The number of thiazole rings is 1. The maximum Gasteiger partial charge on any atom is 0.226 e. The standard InChI is InChI=1S/C16H18ClN3OS/c1-11-8-12(18-9-13-10-19-16(17)22-13)5-6-14(11)20-7-3-2-4-15(20)21/h5-6,8,10,18H,2-4,7,9H2,1H3.